The average Bonchev–Trinajstić information content (AvgIpc) is 3.33. The lowest BCUT2D eigenvalue weighted by atomic mass is 9.95. The number of aromatic amines is 1. The van der Waals surface area contributed by atoms with E-state index in [2.05, 4.69) is 31.7 Å². The van der Waals surface area contributed by atoms with Gasteiger partial charge in [-0.25, -0.2) is 18.7 Å². The van der Waals surface area contributed by atoms with Crippen LogP contribution in [0.4, 0.5) is 26.1 Å². The lowest BCUT2D eigenvalue weighted by Gasteiger charge is -2.34. The molecule has 192 valence electrons. The van der Waals surface area contributed by atoms with Crippen LogP contribution in [0.3, 0.4) is 0 Å². The summed E-state index contributed by atoms with van der Waals surface area (Å²) in [5.74, 6) is -0.194. The maximum absolute atomic E-state index is 15.0. The third-order valence-electron chi connectivity index (χ3n) is 7.23. The first-order valence-electron chi connectivity index (χ1n) is 12.8. The minimum Gasteiger partial charge on any atom is -0.486 e. The monoisotopic (exact) mass is 504 g/mol. The van der Waals surface area contributed by atoms with Crippen molar-refractivity contribution in [3.05, 3.63) is 59.9 Å². The normalized spacial score (nSPS) is 16.2. The van der Waals surface area contributed by atoms with E-state index in [1.807, 2.05) is 36.9 Å². The molecular formula is C28H30F2N6O. The Kier molecular flexibility index (Phi) is 6.16. The standard InChI is InChI=1S/C28H30F2N6O/c1-16(2)36-9-10-37-27-21(29)12-19(14-25(27)36)26-22(30)15-32-28(35-26)33-20-3-4-23-18(11-20)13-24(34-23)17-5-7-31-8-6-17/h3-4,11-17,31,34H,5-10H2,1-2H3,(H,32,33,35). The summed E-state index contributed by atoms with van der Waals surface area (Å²) in [6.07, 6.45) is 3.35. The van der Waals surface area contributed by atoms with Gasteiger partial charge in [0.25, 0.3) is 0 Å². The number of H-pyrrole nitrogens is 1. The second-order valence-corrected chi connectivity index (χ2v) is 10.0. The van der Waals surface area contributed by atoms with E-state index in [9.17, 15) is 8.78 Å². The Balaban J connectivity index is 1.30. The first-order chi connectivity index (χ1) is 18.0. The molecule has 37 heavy (non-hydrogen) atoms. The van der Waals surface area contributed by atoms with E-state index >= 15 is 0 Å². The van der Waals surface area contributed by atoms with E-state index < -0.39 is 11.6 Å². The molecule has 0 atom stereocenters. The molecule has 0 bridgehead atoms. The summed E-state index contributed by atoms with van der Waals surface area (Å²) in [5.41, 5.74) is 4.08. The number of halogens is 2. The molecule has 1 saturated heterocycles. The minimum absolute atomic E-state index is 0.0318. The Hall–Kier alpha value is -3.72. The highest BCUT2D eigenvalue weighted by Gasteiger charge is 2.26. The number of nitrogens with zero attached hydrogens (tertiary/aromatic N) is 3. The highest BCUT2D eigenvalue weighted by atomic mass is 19.1. The van der Waals surface area contributed by atoms with Crippen LogP contribution in [0.2, 0.25) is 0 Å². The fourth-order valence-corrected chi connectivity index (χ4v) is 5.32. The Labute approximate surface area is 214 Å². The Morgan fingerprint density at radius 3 is 2.73 bits per heavy atom. The van der Waals surface area contributed by atoms with Crippen molar-refractivity contribution in [2.45, 2.75) is 38.6 Å². The van der Waals surface area contributed by atoms with Gasteiger partial charge in [-0.1, -0.05) is 0 Å². The zero-order valence-electron chi connectivity index (χ0n) is 20.9. The number of nitrogens with one attached hydrogen (secondary N) is 3. The number of piperidine rings is 1. The van der Waals surface area contributed by atoms with Crippen molar-refractivity contribution in [3.63, 3.8) is 0 Å². The molecule has 7 nitrogen and oxygen atoms in total. The molecule has 0 amide bonds. The minimum atomic E-state index is -0.620. The zero-order chi connectivity index (χ0) is 25.5. The fourth-order valence-electron chi connectivity index (χ4n) is 5.32. The van der Waals surface area contributed by atoms with Crippen LogP contribution in [0, 0.1) is 11.6 Å². The molecule has 0 aliphatic carbocycles. The Morgan fingerprint density at radius 2 is 1.92 bits per heavy atom. The summed E-state index contributed by atoms with van der Waals surface area (Å²) in [5, 5.41) is 7.68. The van der Waals surface area contributed by atoms with Crippen LogP contribution < -0.4 is 20.3 Å². The van der Waals surface area contributed by atoms with Gasteiger partial charge < -0.3 is 25.3 Å². The average molecular weight is 505 g/mol. The van der Waals surface area contributed by atoms with Crippen LogP contribution in [0.1, 0.15) is 38.3 Å². The van der Waals surface area contributed by atoms with Gasteiger partial charge in [-0.2, -0.15) is 0 Å². The maximum Gasteiger partial charge on any atom is 0.227 e. The van der Waals surface area contributed by atoms with Crippen molar-refractivity contribution in [2.75, 3.05) is 36.5 Å². The van der Waals surface area contributed by atoms with E-state index in [1.54, 1.807) is 6.07 Å². The van der Waals surface area contributed by atoms with Gasteiger partial charge in [-0.15, -0.1) is 0 Å². The van der Waals surface area contributed by atoms with Gasteiger partial charge in [0.2, 0.25) is 5.95 Å². The molecule has 6 rings (SSSR count). The third-order valence-corrected chi connectivity index (χ3v) is 7.23. The van der Waals surface area contributed by atoms with Crippen LogP contribution in [-0.4, -0.2) is 47.2 Å². The van der Waals surface area contributed by atoms with Crippen molar-refractivity contribution in [1.29, 1.82) is 0 Å². The zero-order valence-corrected chi connectivity index (χ0v) is 20.9. The summed E-state index contributed by atoms with van der Waals surface area (Å²) < 4.78 is 35.4. The molecule has 9 heteroatoms. The quantitative estimate of drug-likeness (QED) is 0.323. The van der Waals surface area contributed by atoms with Gasteiger partial charge in [0, 0.05) is 39.8 Å². The summed E-state index contributed by atoms with van der Waals surface area (Å²) in [6.45, 7) is 7.17. The van der Waals surface area contributed by atoms with Crippen LogP contribution in [0.15, 0.2) is 42.6 Å². The van der Waals surface area contributed by atoms with Crippen molar-refractivity contribution >= 4 is 28.2 Å². The number of aromatic nitrogens is 3. The SMILES string of the molecule is CC(C)N1CCOc2c(F)cc(-c3nc(Nc4ccc5[nH]c(C6CCNCC6)cc5c4)ncc3F)cc21. The van der Waals surface area contributed by atoms with Gasteiger partial charge >= 0.3 is 0 Å². The van der Waals surface area contributed by atoms with Crippen molar-refractivity contribution in [1.82, 2.24) is 20.3 Å². The predicted octanol–water partition coefficient (Wildman–Crippen LogP) is 5.72. The molecule has 2 aliphatic rings. The van der Waals surface area contributed by atoms with E-state index in [0.29, 0.717) is 30.3 Å². The van der Waals surface area contributed by atoms with E-state index in [4.69, 9.17) is 4.74 Å². The molecule has 3 N–H and O–H groups in total. The molecule has 0 unspecified atom stereocenters. The second-order valence-electron chi connectivity index (χ2n) is 10.0. The van der Waals surface area contributed by atoms with Crippen molar-refractivity contribution in [2.24, 2.45) is 0 Å². The van der Waals surface area contributed by atoms with Crippen LogP contribution in [0.5, 0.6) is 5.75 Å². The van der Waals surface area contributed by atoms with E-state index in [1.165, 1.54) is 11.8 Å². The molecule has 0 spiro atoms. The number of hydrogen-bond donors (Lipinski definition) is 3. The molecule has 4 aromatic rings. The van der Waals surface area contributed by atoms with Crippen LogP contribution in [0.25, 0.3) is 22.2 Å². The fraction of sp³-hybridized carbons (Fsp3) is 0.357. The summed E-state index contributed by atoms with van der Waals surface area (Å²) in [7, 11) is 0. The topological polar surface area (TPSA) is 78.1 Å². The lowest BCUT2D eigenvalue weighted by Crippen LogP contribution is -2.38. The van der Waals surface area contributed by atoms with Crippen LogP contribution in [-0.2, 0) is 0 Å². The highest BCUT2D eigenvalue weighted by Crippen LogP contribution is 2.39. The lowest BCUT2D eigenvalue weighted by molar-refractivity contribution is 0.287. The molecular weight excluding hydrogens is 474 g/mol. The highest BCUT2D eigenvalue weighted by molar-refractivity contribution is 5.85. The number of ether oxygens (including phenoxy) is 1. The van der Waals surface area contributed by atoms with Gasteiger partial charge in [0.05, 0.1) is 18.4 Å². The Morgan fingerprint density at radius 1 is 1.08 bits per heavy atom. The first-order valence-corrected chi connectivity index (χ1v) is 12.8. The number of benzene rings is 2. The molecule has 2 aromatic heterocycles. The summed E-state index contributed by atoms with van der Waals surface area (Å²) in [6, 6.07) is 11.3. The van der Waals surface area contributed by atoms with Gasteiger partial charge in [0.1, 0.15) is 12.3 Å². The number of anilines is 3. The van der Waals surface area contributed by atoms with E-state index in [0.717, 1.165) is 48.7 Å². The van der Waals surface area contributed by atoms with Gasteiger partial charge in [0.15, 0.2) is 17.4 Å². The summed E-state index contributed by atoms with van der Waals surface area (Å²) >= 11 is 0. The molecule has 2 aromatic carbocycles. The molecule has 0 saturated carbocycles. The van der Waals surface area contributed by atoms with Gasteiger partial charge in [-0.3, -0.25) is 0 Å². The maximum atomic E-state index is 15.0. The Bertz CT molecular complexity index is 1450. The predicted molar refractivity (Wildman–Crippen MR) is 142 cm³/mol. The van der Waals surface area contributed by atoms with E-state index in [-0.39, 0.29) is 23.4 Å². The first kappa shape index (κ1) is 23.7. The molecule has 1 fully saturated rings. The molecule has 0 radical (unpaired) electrons. The number of rotatable bonds is 5. The van der Waals surface area contributed by atoms with Crippen LogP contribution >= 0.6 is 0 Å². The largest absolute Gasteiger partial charge is 0.486 e. The molecule has 2 aliphatic heterocycles. The smallest absolute Gasteiger partial charge is 0.227 e. The number of fused-ring (bicyclic) bond motifs is 2. The summed E-state index contributed by atoms with van der Waals surface area (Å²) in [4.78, 5) is 14.1. The third kappa shape index (κ3) is 4.59. The van der Waals surface area contributed by atoms with Gasteiger partial charge in [-0.05, 0) is 76.2 Å². The van der Waals surface area contributed by atoms with Crippen molar-refractivity contribution in [3.8, 4) is 17.0 Å². The van der Waals surface area contributed by atoms with Crippen molar-refractivity contribution < 1.29 is 13.5 Å². The molecule has 4 heterocycles. The number of hydrogen-bond acceptors (Lipinski definition) is 6. The second kappa shape index (κ2) is 9.63.